The number of nitrogens with zero attached hydrogens (tertiary/aromatic N) is 2. The summed E-state index contributed by atoms with van der Waals surface area (Å²) in [6.45, 7) is -0.487. The maximum atomic E-state index is 13.4. The normalized spacial score (nSPS) is 13.7. The Balaban J connectivity index is 1.45. The highest BCUT2D eigenvalue weighted by Gasteiger charge is 2.27. The van der Waals surface area contributed by atoms with Crippen LogP contribution in [0.1, 0.15) is 5.56 Å². The quantitative estimate of drug-likeness (QED) is 0.303. The van der Waals surface area contributed by atoms with Gasteiger partial charge in [0.15, 0.2) is 0 Å². The topological polar surface area (TPSA) is 97.3 Å². The van der Waals surface area contributed by atoms with Crippen LogP contribution in [0.2, 0.25) is 5.02 Å². The van der Waals surface area contributed by atoms with Crippen LogP contribution in [-0.4, -0.2) is 51.8 Å². The van der Waals surface area contributed by atoms with E-state index in [0.29, 0.717) is 10.8 Å². The maximum Gasteiger partial charge on any atom is 0.264 e. The number of methoxy groups -OCH3 is 1. The Bertz CT molecular complexity index is 1310. The lowest BCUT2D eigenvalue weighted by Crippen LogP contribution is -2.39. The van der Waals surface area contributed by atoms with Crippen molar-refractivity contribution in [2.75, 3.05) is 29.5 Å². The number of hydrazone groups is 1. The Hall–Kier alpha value is -3.21. The molecule has 1 fully saturated rings. The molecule has 0 atom stereocenters. The number of thioether (sulfide) groups is 1. The minimum Gasteiger partial charge on any atom is -0.497 e. The fourth-order valence-corrected chi connectivity index (χ4v) is 5.36. The average Bonchev–Trinajstić information content (AvgIpc) is 2.86. The molecule has 4 rings (SSSR count). The Morgan fingerprint density at radius 1 is 1.06 bits per heavy atom. The molecular weight excluding hydrogens is 522 g/mol. The molecule has 0 bridgehead atoms. The summed E-state index contributed by atoms with van der Waals surface area (Å²) in [5.41, 5.74) is 3.44. The van der Waals surface area contributed by atoms with Crippen LogP contribution in [0, 0.1) is 0 Å². The summed E-state index contributed by atoms with van der Waals surface area (Å²) in [5, 5.41) is 4.41. The zero-order valence-corrected chi connectivity index (χ0v) is 21.7. The highest BCUT2D eigenvalue weighted by Crippen LogP contribution is 2.26. The molecule has 0 saturated carbocycles. The summed E-state index contributed by atoms with van der Waals surface area (Å²) in [6, 6.07) is 19.4. The van der Waals surface area contributed by atoms with Gasteiger partial charge in [-0.1, -0.05) is 11.6 Å². The van der Waals surface area contributed by atoms with Crippen molar-refractivity contribution in [1.29, 1.82) is 0 Å². The van der Waals surface area contributed by atoms with E-state index in [0.717, 1.165) is 27.1 Å². The van der Waals surface area contributed by atoms with Crippen LogP contribution < -0.4 is 19.2 Å². The molecule has 36 heavy (non-hydrogen) atoms. The fraction of sp³-hybridized carbons (Fsp3) is 0.200. The molecule has 1 heterocycles. The van der Waals surface area contributed by atoms with E-state index >= 15 is 0 Å². The number of rotatable bonds is 10. The largest absolute Gasteiger partial charge is 0.497 e. The molecule has 1 N–H and O–H groups in total. The number of nitrogens with one attached hydrogen (secondary N) is 1. The third-order valence-electron chi connectivity index (χ3n) is 5.24. The second kappa shape index (κ2) is 11.7. The number of carbonyl (C=O) groups is 1. The number of hydrogen-bond donors (Lipinski definition) is 1. The molecule has 0 radical (unpaired) electrons. The SMILES string of the molecule is COc1ccc(S(=O)(=O)N(CC(=O)N/N=C\c2ccc(OC3CSC3)cc2)c2ccc(Cl)cc2)cc1. The summed E-state index contributed by atoms with van der Waals surface area (Å²) in [6.07, 6.45) is 1.73. The monoisotopic (exact) mass is 545 g/mol. The number of anilines is 1. The Morgan fingerprint density at radius 2 is 1.69 bits per heavy atom. The van der Waals surface area contributed by atoms with Crippen LogP contribution in [0.15, 0.2) is 82.8 Å². The first-order valence-corrected chi connectivity index (χ1v) is 13.9. The lowest BCUT2D eigenvalue weighted by molar-refractivity contribution is -0.119. The van der Waals surface area contributed by atoms with Crippen LogP contribution >= 0.6 is 23.4 Å². The van der Waals surface area contributed by atoms with Crippen LogP contribution in [0.25, 0.3) is 0 Å². The third kappa shape index (κ3) is 6.51. The van der Waals surface area contributed by atoms with Crippen molar-refractivity contribution >= 4 is 51.2 Å². The molecule has 0 unspecified atom stereocenters. The molecule has 1 saturated heterocycles. The summed E-state index contributed by atoms with van der Waals surface area (Å²) < 4.78 is 38.7. The molecule has 8 nitrogen and oxygen atoms in total. The average molecular weight is 546 g/mol. The van der Waals surface area contributed by atoms with Gasteiger partial charge in [-0.3, -0.25) is 9.10 Å². The van der Waals surface area contributed by atoms with E-state index in [1.54, 1.807) is 24.3 Å². The van der Waals surface area contributed by atoms with Gasteiger partial charge in [0.05, 0.1) is 23.9 Å². The highest BCUT2D eigenvalue weighted by atomic mass is 35.5. The van der Waals surface area contributed by atoms with Gasteiger partial charge in [0, 0.05) is 16.5 Å². The molecule has 188 valence electrons. The molecule has 1 amide bonds. The summed E-state index contributed by atoms with van der Waals surface area (Å²) in [4.78, 5) is 12.7. The van der Waals surface area contributed by atoms with Gasteiger partial charge in [-0.05, 0) is 78.4 Å². The number of amides is 1. The zero-order chi connectivity index (χ0) is 25.5. The predicted octanol–water partition coefficient (Wildman–Crippen LogP) is 4.19. The lowest BCUT2D eigenvalue weighted by Gasteiger charge is -2.25. The molecule has 0 spiro atoms. The first-order chi connectivity index (χ1) is 17.3. The number of ether oxygens (including phenoxy) is 2. The van der Waals surface area contributed by atoms with Gasteiger partial charge < -0.3 is 9.47 Å². The summed E-state index contributed by atoms with van der Waals surface area (Å²) in [5.74, 6) is 2.68. The standard InChI is InChI=1S/C25H24ClN3O5S2/c1-33-21-10-12-24(13-11-21)36(31,32)29(20-6-4-19(26)5-7-20)15-25(30)28-27-14-18-2-8-22(9-3-18)34-23-16-35-17-23/h2-14,23H,15-17H2,1H3,(H,28,30)/b27-14-. The van der Waals surface area contributed by atoms with Crippen molar-refractivity contribution in [2.45, 2.75) is 11.0 Å². The summed E-state index contributed by atoms with van der Waals surface area (Å²) >= 11 is 7.82. The predicted molar refractivity (Wildman–Crippen MR) is 143 cm³/mol. The van der Waals surface area contributed by atoms with Gasteiger partial charge in [-0.2, -0.15) is 16.9 Å². The number of benzene rings is 3. The first kappa shape index (κ1) is 25.9. The van der Waals surface area contributed by atoms with Crippen molar-refractivity contribution in [2.24, 2.45) is 5.10 Å². The maximum absolute atomic E-state index is 13.4. The van der Waals surface area contributed by atoms with Crippen LogP contribution in [0.3, 0.4) is 0 Å². The molecule has 3 aromatic rings. The number of halogens is 1. The van der Waals surface area contributed by atoms with Crippen LogP contribution in [0.5, 0.6) is 11.5 Å². The van der Waals surface area contributed by atoms with Gasteiger partial charge in [0.1, 0.15) is 24.1 Å². The molecular formula is C25H24ClN3O5S2. The first-order valence-electron chi connectivity index (χ1n) is 10.9. The van der Waals surface area contributed by atoms with Crippen molar-refractivity contribution in [3.8, 4) is 11.5 Å². The van der Waals surface area contributed by atoms with E-state index in [-0.39, 0.29) is 16.7 Å². The minimum absolute atomic E-state index is 0.0114. The molecule has 0 aliphatic carbocycles. The Labute approximate surface area is 219 Å². The lowest BCUT2D eigenvalue weighted by atomic mass is 10.2. The van der Waals surface area contributed by atoms with E-state index in [9.17, 15) is 13.2 Å². The number of carbonyl (C=O) groups excluding carboxylic acids is 1. The number of sulfonamides is 1. The van der Waals surface area contributed by atoms with Gasteiger partial charge in [-0.25, -0.2) is 13.8 Å². The van der Waals surface area contributed by atoms with Crippen molar-refractivity contribution in [3.05, 3.63) is 83.4 Å². The van der Waals surface area contributed by atoms with E-state index in [1.807, 2.05) is 36.0 Å². The van der Waals surface area contributed by atoms with Gasteiger partial charge in [0.2, 0.25) is 0 Å². The molecule has 1 aliphatic heterocycles. The van der Waals surface area contributed by atoms with E-state index in [2.05, 4.69) is 10.5 Å². The molecule has 3 aromatic carbocycles. The zero-order valence-electron chi connectivity index (χ0n) is 19.3. The van der Waals surface area contributed by atoms with Crippen LogP contribution in [0.4, 0.5) is 5.69 Å². The van der Waals surface area contributed by atoms with Gasteiger partial charge >= 0.3 is 0 Å². The van der Waals surface area contributed by atoms with E-state index in [4.69, 9.17) is 21.1 Å². The second-order valence-corrected chi connectivity index (χ2v) is 11.2. The van der Waals surface area contributed by atoms with Gasteiger partial charge in [-0.15, -0.1) is 0 Å². The van der Waals surface area contributed by atoms with Gasteiger partial charge in [0.25, 0.3) is 15.9 Å². The fourth-order valence-electron chi connectivity index (χ4n) is 3.25. The number of hydrogen-bond acceptors (Lipinski definition) is 7. The molecule has 0 aromatic heterocycles. The van der Waals surface area contributed by atoms with E-state index in [1.165, 1.54) is 37.6 Å². The minimum atomic E-state index is -4.07. The Morgan fingerprint density at radius 3 is 2.28 bits per heavy atom. The Kier molecular flexibility index (Phi) is 8.40. The van der Waals surface area contributed by atoms with Crippen molar-refractivity contribution in [1.82, 2.24) is 5.43 Å². The highest BCUT2D eigenvalue weighted by molar-refractivity contribution is 8.00. The summed E-state index contributed by atoms with van der Waals surface area (Å²) in [7, 11) is -2.58. The molecule has 1 aliphatic rings. The second-order valence-electron chi connectivity index (χ2n) is 7.80. The molecule has 11 heteroatoms. The van der Waals surface area contributed by atoms with Crippen LogP contribution in [-0.2, 0) is 14.8 Å². The third-order valence-corrected chi connectivity index (χ3v) is 8.50. The smallest absolute Gasteiger partial charge is 0.264 e. The van der Waals surface area contributed by atoms with Crippen molar-refractivity contribution < 1.29 is 22.7 Å². The van der Waals surface area contributed by atoms with E-state index < -0.39 is 22.5 Å². The van der Waals surface area contributed by atoms with Crippen molar-refractivity contribution in [3.63, 3.8) is 0 Å².